The highest BCUT2D eigenvalue weighted by Gasteiger charge is 2.26. The number of methoxy groups -OCH3 is 1. The van der Waals surface area contributed by atoms with Crippen LogP contribution in [0.15, 0.2) is 59.4 Å². The van der Waals surface area contributed by atoms with Gasteiger partial charge < -0.3 is 18.6 Å². The van der Waals surface area contributed by atoms with E-state index in [4.69, 9.17) is 14.0 Å². The highest BCUT2D eigenvalue weighted by atomic mass is 16.5. The number of hydrogen-bond acceptors (Lipinski definition) is 6. The van der Waals surface area contributed by atoms with Crippen LogP contribution in [0, 0.1) is 6.92 Å². The lowest BCUT2D eigenvalue weighted by Crippen LogP contribution is -2.20. The van der Waals surface area contributed by atoms with Gasteiger partial charge in [0.15, 0.2) is 5.69 Å². The molecule has 1 aliphatic rings. The number of hydrogen-bond donors (Lipinski definition) is 0. The van der Waals surface area contributed by atoms with Crippen LogP contribution in [0.5, 0.6) is 5.75 Å². The summed E-state index contributed by atoms with van der Waals surface area (Å²) in [6, 6.07) is 15.9. The molecule has 146 valence electrons. The van der Waals surface area contributed by atoms with Crippen molar-refractivity contribution in [3.05, 3.63) is 71.7 Å². The minimum absolute atomic E-state index is 0.0410. The maximum atomic E-state index is 6.10. The second-order valence-corrected chi connectivity index (χ2v) is 7.00. The van der Waals surface area contributed by atoms with E-state index in [0.717, 1.165) is 28.1 Å². The van der Waals surface area contributed by atoms with Crippen molar-refractivity contribution >= 4 is 0 Å². The summed E-state index contributed by atoms with van der Waals surface area (Å²) in [6.07, 6.45) is 1.77. The Morgan fingerprint density at radius 2 is 1.93 bits per heavy atom. The van der Waals surface area contributed by atoms with Gasteiger partial charge in [-0.25, -0.2) is 4.98 Å². The molecule has 0 aliphatic carbocycles. The smallest absolute Gasteiger partial charge is 0.278 e. The number of aryl methyl sites for hydroxylation is 1. The molecule has 3 heterocycles. The van der Waals surface area contributed by atoms with Gasteiger partial charge in [0.05, 0.1) is 32.3 Å². The van der Waals surface area contributed by atoms with Gasteiger partial charge in [0, 0.05) is 5.56 Å². The van der Waals surface area contributed by atoms with Crippen molar-refractivity contribution in [3.63, 3.8) is 0 Å². The first-order valence-electron chi connectivity index (χ1n) is 9.42. The molecule has 29 heavy (non-hydrogen) atoms. The highest BCUT2D eigenvalue weighted by molar-refractivity contribution is 5.62. The van der Waals surface area contributed by atoms with Crippen LogP contribution in [0.2, 0.25) is 0 Å². The number of ether oxygens (including phenoxy) is 2. The second-order valence-electron chi connectivity index (χ2n) is 7.00. The van der Waals surface area contributed by atoms with Crippen LogP contribution in [0.3, 0.4) is 0 Å². The fourth-order valence-corrected chi connectivity index (χ4v) is 3.58. The van der Waals surface area contributed by atoms with E-state index < -0.39 is 0 Å². The number of benzene rings is 2. The molecule has 0 bridgehead atoms. The molecule has 0 amide bonds. The summed E-state index contributed by atoms with van der Waals surface area (Å²) in [5.41, 5.74) is 4.76. The normalized spacial score (nSPS) is 15.9. The summed E-state index contributed by atoms with van der Waals surface area (Å²) in [7, 11) is 1.66. The van der Waals surface area contributed by atoms with Crippen molar-refractivity contribution in [1.29, 1.82) is 0 Å². The molecular formula is C22H20N4O3. The third-order valence-corrected chi connectivity index (χ3v) is 5.23. The van der Waals surface area contributed by atoms with Crippen molar-refractivity contribution in [2.24, 2.45) is 0 Å². The summed E-state index contributed by atoms with van der Waals surface area (Å²) in [4.78, 5) is 9.08. The maximum absolute atomic E-state index is 6.10. The Morgan fingerprint density at radius 3 is 2.72 bits per heavy atom. The van der Waals surface area contributed by atoms with E-state index in [2.05, 4.69) is 19.7 Å². The Labute approximate surface area is 167 Å². The van der Waals surface area contributed by atoms with E-state index in [0.29, 0.717) is 30.6 Å². The van der Waals surface area contributed by atoms with Crippen LogP contribution < -0.4 is 4.74 Å². The first kappa shape index (κ1) is 17.6. The van der Waals surface area contributed by atoms with Gasteiger partial charge >= 0.3 is 0 Å². The van der Waals surface area contributed by atoms with Gasteiger partial charge in [-0.2, -0.15) is 4.98 Å². The topological polar surface area (TPSA) is 75.2 Å². The number of nitrogens with zero attached hydrogens (tertiary/aromatic N) is 4. The zero-order chi connectivity index (χ0) is 19.8. The Balaban J connectivity index is 1.40. The molecule has 0 saturated carbocycles. The molecule has 0 saturated heterocycles. The van der Waals surface area contributed by atoms with Crippen molar-refractivity contribution < 1.29 is 14.0 Å². The Hall–Kier alpha value is -3.45. The first-order chi connectivity index (χ1) is 14.2. The van der Waals surface area contributed by atoms with Crippen LogP contribution in [0.25, 0.3) is 23.0 Å². The fourth-order valence-electron chi connectivity index (χ4n) is 3.58. The largest absolute Gasteiger partial charge is 0.497 e. The maximum Gasteiger partial charge on any atom is 0.278 e. The van der Waals surface area contributed by atoms with E-state index in [1.807, 2.05) is 55.5 Å². The third-order valence-electron chi connectivity index (χ3n) is 5.23. The predicted octanol–water partition coefficient (Wildman–Crippen LogP) is 4.19. The first-order valence-corrected chi connectivity index (χ1v) is 9.42. The summed E-state index contributed by atoms with van der Waals surface area (Å²) >= 11 is 0. The molecule has 4 aromatic rings. The van der Waals surface area contributed by atoms with E-state index in [-0.39, 0.29) is 6.10 Å². The third kappa shape index (κ3) is 3.19. The molecule has 0 unspecified atom stereocenters. The summed E-state index contributed by atoms with van der Waals surface area (Å²) in [5, 5.41) is 4.14. The van der Waals surface area contributed by atoms with Crippen LogP contribution in [0.4, 0.5) is 0 Å². The highest BCUT2D eigenvalue weighted by Crippen LogP contribution is 2.32. The quantitative estimate of drug-likeness (QED) is 0.522. The number of aromatic nitrogens is 4. The zero-order valence-electron chi connectivity index (χ0n) is 16.2. The second kappa shape index (κ2) is 7.18. The van der Waals surface area contributed by atoms with Crippen molar-refractivity contribution in [2.75, 3.05) is 7.11 Å². The van der Waals surface area contributed by atoms with Gasteiger partial charge in [0.1, 0.15) is 11.9 Å². The molecule has 7 nitrogen and oxygen atoms in total. The molecule has 5 rings (SSSR count). The molecular weight excluding hydrogens is 368 g/mol. The van der Waals surface area contributed by atoms with Crippen molar-refractivity contribution in [2.45, 2.75) is 26.2 Å². The molecule has 7 heteroatoms. The lowest BCUT2D eigenvalue weighted by molar-refractivity contribution is 0.00328. The zero-order valence-corrected chi connectivity index (χ0v) is 16.2. The monoisotopic (exact) mass is 388 g/mol. The van der Waals surface area contributed by atoms with Gasteiger partial charge in [0.2, 0.25) is 5.82 Å². The van der Waals surface area contributed by atoms with E-state index in [1.165, 1.54) is 0 Å². The SMILES string of the molecule is COc1ccc([C@@H]2Cn3cnc(-c4nc(-c5ccccc5C)no4)c3CO2)cc1. The molecule has 2 aromatic carbocycles. The van der Waals surface area contributed by atoms with Crippen LogP contribution in [-0.4, -0.2) is 26.8 Å². The number of rotatable bonds is 4. The van der Waals surface area contributed by atoms with Gasteiger partial charge in [-0.3, -0.25) is 0 Å². The summed E-state index contributed by atoms with van der Waals surface area (Å²) in [6.45, 7) is 3.12. The minimum Gasteiger partial charge on any atom is -0.497 e. The molecule has 0 radical (unpaired) electrons. The predicted molar refractivity (Wildman–Crippen MR) is 106 cm³/mol. The van der Waals surface area contributed by atoms with Crippen molar-refractivity contribution in [3.8, 4) is 28.7 Å². The Kier molecular flexibility index (Phi) is 4.37. The molecule has 0 spiro atoms. The van der Waals surface area contributed by atoms with E-state index >= 15 is 0 Å². The van der Waals surface area contributed by atoms with E-state index in [9.17, 15) is 0 Å². The number of fused-ring (bicyclic) bond motifs is 1. The molecule has 0 fully saturated rings. The summed E-state index contributed by atoms with van der Waals surface area (Å²) in [5.74, 6) is 1.80. The number of imidazole rings is 1. The molecule has 0 N–H and O–H groups in total. The minimum atomic E-state index is -0.0410. The average molecular weight is 388 g/mol. The van der Waals surface area contributed by atoms with Gasteiger partial charge in [-0.1, -0.05) is 41.6 Å². The Morgan fingerprint density at radius 1 is 1.10 bits per heavy atom. The van der Waals surface area contributed by atoms with Crippen LogP contribution in [-0.2, 0) is 17.9 Å². The average Bonchev–Trinajstić information content (AvgIpc) is 3.40. The summed E-state index contributed by atoms with van der Waals surface area (Å²) < 4.78 is 18.9. The molecule has 2 aromatic heterocycles. The lowest BCUT2D eigenvalue weighted by atomic mass is 10.1. The Bertz CT molecular complexity index is 1150. The van der Waals surface area contributed by atoms with Gasteiger partial charge in [-0.05, 0) is 30.2 Å². The molecule has 1 atom stereocenters. The standard InChI is InChI=1S/C22H20N4O3/c1-14-5-3-4-6-17(14)21-24-22(29-25-21)20-18-12-28-19(11-26(18)13-23-20)15-7-9-16(27-2)10-8-15/h3-10,13,19H,11-12H2,1-2H3/t19-/m0/s1. The van der Waals surface area contributed by atoms with Gasteiger partial charge in [-0.15, -0.1) is 0 Å². The van der Waals surface area contributed by atoms with Crippen molar-refractivity contribution in [1.82, 2.24) is 19.7 Å². The van der Waals surface area contributed by atoms with Gasteiger partial charge in [0.25, 0.3) is 5.89 Å². The molecule has 1 aliphatic heterocycles. The van der Waals surface area contributed by atoms with E-state index in [1.54, 1.807) is 13.4 Å². The lowest BCUT2D eigenvalue weighted by Gasteiger charge is -2.25. The fraction of sp³-hybridized carbons (Fsp3) is 0.227. The van der Waals surface area contributed by atoms with Crippen LogP contribution in [0.1, 0.15) is 22.9 Å². The van der Waals surface area contributed by atoms with Crippen LogP contribution >= 0.6 is 0 Å².